The van der Waals surface area contributed by atoms with Crippen LogP contribution in [0.15, 0.2) is 35.3 Å². The molecule has 1 aromatic rings. The van der Waals surface area contributed by atoms with Crippen molar-refractivity contribution in [1.29, 1.82) is 0 Å². The summed E-state index contributed by atoms with van der Waals surface area (Å²) in [5, 5.41) is 3.44. The average molecular weight is 188 g/mol. The SMILES string of the molecule is CC1N=C(c2ccccc2)C(C)(C)N1. The molecule has 74 valence electrons. The molecule has 1 unspecified atom stereocenters. The quantitative estimate of drug-likeness (QED) is 0.718. The molecule has 1 aliphatic rings. The van der Waals surface area contributed by atoms with Gasteiger partial charge in [0.2, 0.25) is 0 Å². The van der Waals surface area contributed by atoms with E-state index >= 15 is 0 Å². The number of nitrogens with zero attached hydrogens (tertiary/aromatic N) is 1. The summed E-state index contributed by atoms with van der Waals surface area (Å²) in [5.74, 6) is 0. The summed E-state index contributed by atoms with van der Waals surface area (Å²) in [6, 6.07) is 10.4. The Bertz CT molecular complexity index is 352. The van der Waals surface area contributed by atoms with Crippen LogP contribution in [0.25, 0.3) is 0 Å². The molecule has 14 heavy (non-hydrogen) atoms. The number of nitrogens with one attached hydrogen (secondary N) is 1. The third-order valence-electron chi connectivity index (χ3n) is 2.53. The van der Waals surface area contributed by atoms with Crippen molar-refractivity contribution in [3.05, 3.63) is 35.9 Å². The standard InChI is InChI=1S/C12H16N2/c1-9-13-11(12(2,3)14-9)10-7-5-4-6-8-10/h4-9,14H,1-3H3. The molecule has 1 N–H and O–H groups in total. The van der Waals surface area contributed by atoms with Crippen molar-refractivity contribution in [2.24, 2.45) is 4.99 Å². The fourth-order valence-electron chi connectivity index (χ4n) is 2.01. The molecule has 2 nitrogen and oxygen atoms in total. The first kappa shape index (κ1) is 9.41. The lowest BCUT2D eigenvalue weighted by Crippen LogP contribution is -2.43. The Morgan fingerprint density at radius 1 is 1.21 bits per heavy atom. The lowest BCUT2D eigenvalue weighted by atomic mass is 9.93. The van der Waals surface area contributed by atoms with Gasteiger partial charge in [-0.15, -0.1) is 0 Å². The van der Waals surface area contributed by atoms with Crippen molar-refractivity contribution in [3.63, 3.8) is 0 Å². The van der Waals surface area contributed by atoms with Crippen LogP contribution in [0, 0.1) is 0 Å². The van der Waals surface area contributed by atoms with E-state index in [1.807, 2.05) is 6.07 Å². The lowest BCUT2D eigenvalue weighted by Gasteiger charge is -2.21. The number of rotatable bonds is 1. The van der Waals surface area contributed by atoms with Gasteiger partial charge in [-0.3, -0.25) is 10.3 Å². The van der Waals surface area contributed by atoms with Crippen molar-refractivity contribution in [3.8, 4) is 0 Å². The predicted octanol–water partition coefficient (Wildman–Crippen LogP) is 2.20. The van der Waals surface area contributed by atoms with Crippen LogP contribution in [0.4, 0.5) is 0 Å². The molecule has 0 spiro atoms. The molecule has 0 bridgehead atoms. The Kier molecular flexibility index (Phi) is 2.16. The Hall–Kier alpha value is -1.15. The molecule has 1 aromatic carbocycles. The smallest absolute Gasteiger partial charge is 0.0977 e. The van der Waals surface area contributed by atoms with Gasteiger partial charge in [-0.2, -0.15) is 0 Å². The van der Waals surface area contributed by atoms with E-state index < -0.39 is 0 Å². The maximum atomic E-state index is 4.62. The van der Waals surface area contributed by atoms with Gasteiger partial charge < -0.3 is 0 Å². The second-order valence-electron chi connectivity index (χ2n) is 4.29. The Labute approximate surface area is 85.1 Å². The van der Waals surface area contributed by atoms with E-state index in [1.54, 1.807) is 0 Å². The largest absolute Gasteiger partial charge is 0.285 e. The summed E-state index contributed by atoms with van der Waals surface area (Å²) in [6.07, 6.45) is 0.222. The molecule has 0 aliphatic carbocycles. The topological polar surface area (TPSA) is 24.4 Å². The van der Waals surface area contributed by atoms with Crippen LogP contribution in [-0.4, -0.2) is 17.4 Å². The highest BCUT2D eigenvalue weighted by atomic mass is 15.2. The first-order valence-electron chi connectivity index (χ1n) is 5.01. The Morgan fingerprint density at radius 3 is 2.36 bits per heavy atom. The summed E-state index contributed by atoms with van der Waals surface area (Å²) in [5.41, 5.74) is 2.36. The summed E-state index contributed by atoms with van der Waals surface area (Å²) in [4.78, 5) is 4.62. The minimum Gasteiger partial charge on any atom is -0.285 e. The van der Waals surface area contributed by atoms with E-state index in [2.05, 4.69) is 55.3 Å². The normalized spacial score (nSPS) is 24.8. The first-order valence-corrected chi connectivity index (χ1v) is 5.01. The van der Waals surface area contributed by atoms with Crippen LogP contribution < -0.4 is 5.32 Å². The molecule has 1 heterocycles. The van der Waals surface area contributed by atoms with Gasteiger partial charge in [0, 0.05) is 0 Å². The van der Waals surface area contributed by atoms with Gasteiger partial charge in [0.1, 0.15) is 0 Å². The zero-order valence-corrected chi connectivity index (χ0v) is 8.91. The number of benzene rings is 1. The van der Waals surface area contributed by atoms with E-state index in [-0.39, 0.29) is 11.7 Å². The fraction of sp³-hybridized carbons (Fsp3) is 0.417. The second-order valence-corrected chi connectivity index (χ2v) is 4.29. The lowest BCUT2D eigenvalue weighted by molar-refractivity contribution is 0.485. The molecule has 0 fully saturated rings. The highest BCUT2D eigenvalue weighted by molar-refractivity contribution is 6.08. The molecule has 0 saturated carbocycles. The number of hydrogen-bond donors (Lipinski definition) is 1. The van der Waals surface area contributed by atoms with Gasteiger partial charge in [-0.25, -0.2) is 0 Å². The van der Waals surface area contributed by atoms with Crippen molar-refractivity contribution in [1.82, 2.24) is 5.32 Å². The monoisotopic (exact) mass is 188 g/mol. The predicted molar refractivity (Wildman–Crippen MR) is 59.7 cm³/mol. The van der Waals surface area contributed by atoms with E-state index in [9.17, 15) is 0 Å². The molecule has 2 rings (SSSR count). The third-order valence-corrected chi connectivity index (χ3v) is 2.53. The maximum Gasteiger partial charge on any atom is 0.0977 e. The summed E-state index contributed by atoms with van der Waals surface area (Å²) in [6.45, 7) is 6.42. The van der Waals surface area contributed by atoms with Crippen molar-refractivity contribution in [2.45, 2.75) is 32.5 Å². The van der Waals surface area contributed by atoms with Crippen molar-refractivity contribution in [2.75, 3.05) is 0 Å². The zero-order chi connectivity index (χ0) is 10.2. The van der Waals surface area contributed by atoms with E-state index in [0.717, 1.165) is 5.71 Å². The van der Waals surface area contributed by atoms with Gasteiger partial charge in [-0.05, 0) is 26.3 Å². The van der Waals surface area contributed by atoms with Crippen molar-refractivity contribution >= 4 is 5.71 Å². The van der Waals surface area contributed by atoms with Crippen LogP contribution in [0.5, 0.6) is 0 Å². The highest BCUT2D eigenvalue weighted by Crippen LogP contribution is 2.20. The molecule has 2 heteroatoms. The second kappa shape index (κ2) is 3.21. The fourth-order valence-corrected chi connectivity index (χ4v) is 2.01. The molecular formula is C12H16N2. The minimum atomic E-state index is -0.0131. The molecule has 0 saturated heterocycles. The van der Waals surface area contributed by atoms with Crippen molar-refractivity contribution < 1.29 is 0 Å². The molecule has 0 aromatic heterocycles. The van der Waals surface area contributed by atoms with Crippen LogP contribution in [0.2, 0.25) is 0 Å². The number of hydrogen-bond acceptors (Lipinski definition) is 2. The molecule has 1 aliphatic heterocycles. The van der Waals surface area contributed by atoms with Crippen LogP contribution in [0.1, 0.15) is 26.3 Å². The third kappa shape index (κ3) is 1.58. The zero-order valence-electron chi connectivity index (χ0n) is 8.91. The molecule has 0 radical (unpaired) electrons. The van der Waals surface area contributed by atoms with Gasteiger partial charge >= 0.3 is 0 Å². The Morgan fingerprint density at radius 2 is 1.86 bits per heavy atom. The maximum absolute atomic E-state index is 4.62. The van der Waals surface area contributed by atoms with E-state index in [1.165, 1.54) is 5.56 Å². The Balaban J connectivity index is 2.40. The first-order chi connectivity index (χ1) is 6.59. The summed E-state index contributed by atoms with van der Waals surface area (Å²) >= 11 is 0. The molecule has 0 amide bonds. The van der Waals surface area contributed by atoms with Gasteiger partial charge in [0.15, 0.2) is 0 Å². The van der Waals surface area contributed by atoms with E-state index in [0.29, 0.717) is 0 Å². The van der Waals surface area contributed by atoms with Gasteiger partial charge in [0.25, 0.3) is 0 Å². The average Bonchev–Trinajstić information content (AvgIpc) is 2.41. The number of aliphatic imine (C=N–C) groups is 1. The van der Waals surface area contributed by atoms with Crippen LogP contribution >= 0.6 is 0 Å². The molecule has 1 atom stereocenters. The van der Waals surface area contributed by atoms with Crippen LogP contribution in [0.3, 0.4) is 0 Å². The minimum absolute atomic E-state index is 0.0131. The summed E-state index contributed by atoms with van der Waals surface area (Å²) < 4.78 is 0. The molecular weight excluding hydrogens is 172 g/mol. The van der Waals surface area contributed by atoms with Gasteiger partial charge in [-0.1, -0.05) is 30.3 Å². The summed E-state index contributed by atoms with van der Waals surface area (Å²) in [7, 11) is 0. The van der Waals surface area contributed by atoms with Gasteiger partial charge in [0.05, 0.1) is 17.4 Å². The highest BCUT2D eigenvalue weighted by Gasteiger charge is 2.32. The van der Waals surface area contributed by atoms with Crippen LogP contribution in [-0.2, 0) is 0 Å². The van der Waals surface area contributed by atoms with E-state index in [4.69, 9.17) is 0 Å².